The van der Waals surface area contributed by atoms with Crippen molar-refractivity contribution >= 4 is 11.9 Å². The van der Waals surface area contributed by atoms with Gasteiger partial charge in [-0.1, -0.05) is 24.3 Å². The van der Waals surface area contributed by atoms with E-state index in [2.05, 4.69) is 6.58 Å². The Hall–Kier alpha value is -2.31. The molecule has 0 aliphatic rings. The number of likely N-dealkylation sites (N-methyl/N-ethyl adjacent to an activating group) is 1. The number of halogens is 3. The second kappa shape index (κ2) is 8.52. The lowest BCUT2D eigenvalue weighted by Crippen LogP contribution is -2.35. The van der Waals surface area contributed by atoms with Gasteiger partial charge in [-0.25, -0.2) is 0 Å². The minimum Gasteiger partial charge on any atom is -0.455 e. The molecule has 1 aromatic carbocycles. The average Bonchev–Trinajstić information content (AvgIpc) is 2.49. The lowest BCUT2D eigenvalue weighted by Gasteiger charge is -2.20. The Morgan fingerprint density at radius 3 is 2.25 bits per heavy atom. The second-order valence-electron chi connectivity index (χ2n) is 5.40. The molecule has 7 heteroatoms. The van der Waals surface area contributed by atoms with Crippen LogP contribution in [0.2, 0.25) is 0 Å². The molecule has 0 atom stereocenters. The van der Waals surface area contributed by atoms with Crippen molar-refractivity contribution in [3.8, 4) is 0 Å². The Labute approximate surface area is 138 Å². The van der Waals surface area contributed by atoms with E-state index in [0.717, 1.165) is 17.7 Å². The van der Waals surface area contributed by atoms with Crippen molar-refractivity contribution in [2.45, 2.75) is 26.4 Å². The van der Waals surface area contributed by atoms with E-state index in [0.29, 0.717) is 18.7 Å². The summed E-state index contributed by atoms with van der Waals surface area (Å²) in [5.74, 6) is -1.02. The van der Waals surface area contributed by atoms with Crippen molar-refractivity contribution in [1.82, 2.24) is 4.90 Å². The highest BCUT2D eigenvalue weighted by atomic mass is 19.4. The van der Waals surface area contributed by atoms with Crippen LogP contribution in [0.1, 0.15) is 25.0 Å². The van der Waals surface area contributed by atoms with Crippen molar-refractivity contribution < 1.29 is 27.5 Å². The Balaban J connectivity index is 2.51. The molecule has 0 aliphatic heterocycles. The Kier molecular flexibility index (Phi) is 7.00. The van der Waals surface area contributed by atoms with E-state index in [9.17, 15) is 22.8 Å². The smallest absolute Gasteiger partial charge is 0.416 e. The van der Waals surface area contributed by atoms with Crippen LogP contribution in [0.25, 0.3) is 0 Å². The number of esters is 1. The topological polar surface area (TPSA) is 46.6 Å². The van der Waals surface area contributed by atoms with Gasteiger partial charge in [0, 0.05) is 13.1 Å². The van der Waals surface area contributed by atoms with Gasteiger partial charge in [-0.2, -0.15) is 13.2 Å². The van der Waals surface area contributed by atoms with Crippen LogP contribution in [-0.4, -0.2) is 36.5 Å². The van der Waals surface area contributed by atoms with Crippen LogP contribution in [0.5, 0.6) is 0 Å². The SMILES string of the molecule is C=C(C)CN(CC)C(=O)COC(=O)Cc1ccc(C(F)(F)F)cc1. The van der Waals surface area contributed by atoms with Gasteiger partial charge in [0.15, 0.2) is 6.61 Å². The van der Waals surface area contributed by atoms with Crippen molar-refractivity contribution in [2.75, 3.05) is 19.7 Å². The van der Waals surface area contributed by atoms with Gasteiger partial charge in [0.1, 0.15) is 0 Å². The van der Waals surface area contributed by atoms with Gasteiger partial charge in [-0.15, -0.1) is 0 Å². The molecule has 0 saturated carbocycles. The number of ether oxygens (including phenoxy) is 1. The first kappa shape index (κ1) is 19.7. The summed E-state index contributed by atoms with van der Waals surface area (Å²) in [5.41, 5.74) is 0.407. The van der Waals surface area contributed by atoms with Crippen LogP contribution in [0.3, 0.4) is 0 Å². The maximum absolute atomic E-state index is 12.5. The van der Waals surface area contributed by atoms with Crippen LogP contribution in [0.4, 0.5) is 13.2 Å². The molecule has 1 rings (SSSR count). The maximum Gasteiger partial charge on any atom is 0.416 e. The van der Waals surface area contributed by atoms with E-state index < -0.39 is 24.3 Å². The molecule has 0 bridgehead atoms. The van der Waals surface area contributed by atoms with E-state index in [-0.39, 0.29) is 12.3 Å². The quantitative estimate of drug-likeness (QED) is 0.564. The molecule has 0 unspecified atom stereocenters. The third-order valence-electron chi connectivity index (χ3n) is 3.18. The summed E-state index contributed by atoms with van der Waals surface area (Å²) in [6.07, 6.45) is -4.61. The van der Waals surface area contributed by atoms with Crippen molar-refractivity contribution in [3.05, 3.63) is 47.5 Å². The van der Waals surface area contributed by atoms with Crippen molar-refractivity contribution in [3.63, 3.8) is 0 Å². The molecule has 0 aromatic heterocycles. The number of benzene rings is 1. The van der Waals surface area contributed by atoms with Gasteiger partial charge in [0.05, 0.1) is 12.0 Å². The lowest BCUT2D eigenvalue weighted by molar-refractivity contribution is -0.151. The summed E-state index contributed by atoms with van der Waals surface area (Å²) in [6.45, 7) is 7.74. The fourth-order valence-corrected chi connectivity index (χ4v) is 1.96. The van der Waals surface area contributed by atoms with Gasteiger partial charge in [0.25, 0.3) is 5.91 Å². The third-order valence-corrected chi connectivity index (χ3v) is 3.18. The predicted octanol–water partition coefficient (Wildman–Crippen LogP) is 3.22. The fourth-order valence-electron chi connectivity index (χ4n) is 1.96. The minimum absolute atomic E-state index is 0.196. The van der Waals surface area contributed by atoms with E-state index >= 15 is 0 Å². The normalized spacial score (nSPS) is 11.0. The van der Waals surface area contributed by atoms with Gasteiger partial charge in [0.2, 0.25) is 0 Å². The summed E-state index contributed by atoms with van der Waals surface area (Å²) in [7, 11) is 0. The predicted molar refractivity (Wildman–Crippen MR) is 83.2 cm³/mol. The van der Waals surface area contributed by atoms with Gasteiger partial charge >= 0.3 is 12.1 Å². The monoisotopic (exact) mass is 343 g/mol. The molecule has 0 saturated heterocycles. The summed E-state index contributed by atoms with van der Waals surface area (Å²) in [6, 6.07) is 4.23. The van der Waals surface area contributed by atoms with Crippen LogP contribution >= 0.6 is 0 Å². The maximum atomic E-state index is 12.5. The minimum atomic E-state index is -4.42. The Morgan fingerprint density at radius 1 is 1.21 bits per heavy atom. The molecule has 0 aliphatic carbocycles. The zero-order valence-electron chi connectivity index (χ0n) is 13.7. The van der Waals surface area contributed by atoms with Crippen LogP contribution < -0.4 is 0 Å². The highest BCUT2D eigenvalue weighted by Crippen LogP contribution is 2.29. The number of carbonyl (C=O) groups is 2. The summed E-state index contributed by atoms with van der Waals surface area (Å²) < 4.78 is 42.2. The molecular weight excluding hydrogens is 323 g/mol. The van der Waals surface area contributed by atoms with Crippen molar-refractivity contribution in [2.24, 2.45) is 0 Å². The number of rotatable bonds is 7. The van der Waals surface area contributed by atoms with E-state index in [1.807, 2.05) is 0 Å². The number of alkyl halides is 3. The van der Waals surface area contributed by atoms with Crippen LogP contribution in [-0.2, 0) is 26.9 Å². The van der Waals surface area contributed by atoms with Gasteiger partial charge < -0.3 is 9.64 Å². The largest absolute Gasteiger partial charge is 0.455 e. The first-order valence-corrected chi connectivity index (χ1v) is 7.37. The molecule has 0 N–H and O–H groups in total. The van der Waals surface area contributed by atoms with Crippen molar-refractivity contribution in [1.29, 1.82) is 0 Å². The zero-order chi connectivity index (χ0) is 18.3. The molecule has 1 amide bonds. The number of carbonyl (C=O) groups excluding carboxylic acids is 2. The fraction of sp³-hybridized carbons (Fsp3) is 0.412. The highest BCUT2D eigenvalue weighted by molar-refractivity contribution is 5.81. The number of nitrogens with zero attached hydrogens (tertiary/aromatic N) is 1. The zero-order valence-corrected chi connectivity index (χ0v) is 13.7. The van der Waals surface area contributed by atoms with E-state index in [1.54, 1.807) is 13.8 Å². The first-order chi connectivity index (χ1) is 11.1. The van der Waals surface area contributed by atoms with Crippen LogP contribution in [0.15, 0.2) is 36.4 Å². The molecule has 0 spiro atoms. The number of hydrogen-bond donors (Lipinski definition) is 0. The molecule has 0 heterocycles. The summed E-state index contributed by atoms with van der Waals surface area (Å²) in [4.78, 5) is 25.1. The molecule has 132 valence electrons. The summed E-state index contributed by atoms with van der Waals surface area (Å²) in [5, 5.41) is 0. The first-order valence-electron chi connectivity index (χ1n) is 7.37. The summed E-state index contributed by atoms with van der Waals surface area (Å²) >= 11 is 0. The highest BCUT2D eigenvalue weighted by Gasteiger charge is 2.30. The van der Waals surface area contributed by atoms with Gasteiger partial charge in [-0.05, 0) is 31.5 Å². The van der Waals surface area contributed by atoms with E-state index in [4.69, 9.17) is 4.74 Å². The Morgan fingerprint density at radius 2 is 1.79 bits per heavy atom. The number of amides is 1. The van der Waals surface area contributed by atoms with Crippen LogP contribution in [0, 0.1) is 0 Å². The molecule has 1 aromatic rings. The number of hydrogen-bond acceptors (Lipinski definition) is 3. The standard InChI is InChI=1S/C17H20F3NO3/c1-4-21(10-12(2)3)15(22)11-24-16(23)9-13-5-7-14(8-6-13)17(18,19)20/h5-8H,2,4,9-11H2,1,3H3. The van der Waals surface area contributed by atoms with Gasteiger partial charge in [-0.3, -0.25) is 9.59 Å². The molecular formula is C17H20F3NO3. The molecule has 4 nitrogen and oxygen atoms in total. The lowest BCUT2D eigenvalue weighted by atomic mass is 10.1. The second-order valence-corrected chi connectivity index (χ2v) is 5.40. The molecule has 0 fully saturated rings. The Bertz CT molecular complexity index is 594. The third kappa shape index (κ3) is 6.44. The molecule has 24 heavy (non-hydrogen) atoms. The molecule has 0 radical (unpaired) electrons. The average molecular weight is 343 g/mol. The van der Waals surface area contributed by atoms with E-state index in [1.165, 1.54) is 17.0 Å².